The number of hydrogen-bond donors (Lipinski definition) is 3. The second kappa shape index (κ2) is 7.78. The van der Waals surface area contributed by atoms with Gasteiger partial charge in [-0.1, -0.05) is 30.3 Å². The minimum absolute atomic E-state index is 0.0961. The second-order valence-corrected chi connectivity index (χ2v) is 6.41. The van der Waals surface area contributed by atoms with Crippen molar-refractivity contribution in [1.82, 2.24) is 10.6 Å². The van der Waals surface area contributed by atoms with E-state index in [-0.39, 0.29) is 18.4 Å². The summed E-state index contributed by atoms with van der Waals surface area (Å²) in [7, 11) is 0. The topological polar surface area (TPSA) is 84.2 Å². The molecular formula is C17H21N3O2S. The van der Waals surface area contributed by atoms with Crippen molar-refractivity contribution in [2.75, 3.05) is 0 Å². The monoisotopic (exact) mass is 331 g/mol. The van der Waals surface area contributed by atoms with E-state index in [1.807, 2.05) is 55.6 Å². The van der Waals surface area contributed by atoms with Gasteiger partial charge in [0, 0.05) is 4.88 Å². The number of aryl methyl sites for hydroxylation is 1. The molecule has 0 aliphatic carbocycles. The molecule has 2 unspecified atom stereocenters. The number of nitrogens with two attached hydrogens (primary N) is 1. The highest BCUT2D eigenvalue weighted by Gasteiger charge is 2.20. The van der Waals surface area contributed by atoms with Crippen LogP contribution in [0.25, 0.3) is 0 Å². The van der Waals surface area contributed by atoms with Crippen LogP contribution >= 0.6 is 11.3 Å². The fourth-order valence-electron chi connectivity index (χ4n) is 2.52. The molecule has 1 heterocycles. The van der Waals surface area contributed by atoms with Crippen molar-refractivity contribution in [2.24, 2.45) is 5.73 Å². The molecule has 122 valence electrons. The van der Waals surface area contributed by atoms with Gasteiger partial charge in [0.1, 0.15) is 0 Å². The van der Waals surface area contributed by atoms with Crippen molar-refractivity contribution in [3.8, 4) is 0 Å². The van der Waals surface area contributed by atoms with Crippen molar-refractivity contribution in [3.05, 3.63) is 57.8 Å². The summed E-state index contributed by atoms with van der Waals surface area (Å²) in [6.07, 6.45) is 0.152. The van der Waals surface area contributed by atoms with E-state index in [0.29, 0.717) is 0 Å². The van der Waals surface area contributed by atoms with Gasteiger partial charge < -0.3 is 16.4 Å². The summed E-state index contributed by atoms with van der Waals surface area (Å²) >= 11 is 1.48. The summed E-state index contributed by atoms with van der Waals surface area (Å²) in [5, 5.41) is 7.50. The first kappa shape index (κ1) is 17.0. The molecule has 6 heteroatoms. The zero-order valence-electron chi connectivity index (χ0n) is 13.2. The van der Waals surface area contributed by atoms with Crippen molar-refractivity contribution in [3.63, 3.8) is 0 Å². The molecule has 2 aromatic rings. The van der Waals surface area contributed by atoms with Gasteiger partial charge in [0.25, 0.3) is 0 Å². The van der Waals surface area contributed by atoms with Gasteiger partial charge in [0.2, 0.25) is 5.91 Å². The van der Waals surface area contributed by atoms with Crippen molar-refractivity contribution >= 4 is 23.3 Å². The van der Waals surface area contributed by atoms with E-state index in [1.54, 1.807) is 0 Å². The van der Waals surface area contributed by atoms with Crippen LogP contribution in [0.15, 0.2) is 41.8 Å². The molecule has 0 spiro atoms. The Morgan fingerprint density at radius 2 is 1.91 bits per heavy atom. The molecule has 3 amide bonds. The lowest BCUT2D eigenvalue weighted by Gasteiger charge is -2.20. The Labute approximate surface area is 139 Å². The molecule has 0 radical (unpaired) electrons. The summed E-state index contributed by atoms with van der Waals surface area (Å²) < 4.78 is 0. The number of nitrogens with one attached hydrogen (secondary N) is 2. The summed E-state index contributed by atoms with van der Waals surface area (Å²) in [5.41, 5.74) is 7.42. The lowest BCUT2D eigenvalue weighted by Crippen LogP contribution is -2.37. The number of hydrogen-bond acceptors (Lipinski definition) is 3. The number of urea groups is 1. The highest BCUT2D eigenvalue weighted by Crippen LogP contribution is 2.23. The first-order valence-corrected chi connectivity index (χ1v) is 8.29. The van der Waals surface area contributed by atoms with Crippen LogP contribution in [0, 0.1) is 6.92 Å². The fourth-order valence-corrected chi connectivity index (χ4v) is 3.30. The molecule has 0 saturated carbocycles. The predicted octanol–water partition coefficient (Wildman–Crippen LogP) is 3.03. The molecule has 2 atom stereocenters. The maximum Gasteiger partial charge on any atom is 0.312 e. The molecule has 5 nitrogen and oxygen atoms in total. The fraction of sp³-hybridized carbons (Fsp3) is 0.294. The molecule has 0 saturated heterocycles. The minimum Gasteiger partial charge on any atom is -0.352 e. The van der Waals surface area contributed by atoms with Crippen molar-refractivity contribution in [1.29, 1.82) is 0 Å². The third-order valence-electron chi connectivity index (χ3n) is 3.63. The Bertz CT molecular complexity index is 670. The molecule has 0 aliphatic heterocycles. The van der Waals surface area contributed by atoms with Gasteiger partial charge in [-0.2, -0.15) is 0 Å². The third kappa shape index (κ3) is 4.82. The minimum atomic E-state index is -0.636. The Kier molecular flexibility index (Phi) is 5.76. The van der Waals surface area contributed by atoms with Gasteiger partial charge in [-0.25, -0.2) is 4.79 Å². The molecule has 23 heavy (non-hydrogen) atoms. The third-order valence-corrected chi connectivity index (χ3v) is 4.61. The smallest absolute Gasteiger partial charge is 0.312 e. The number of carbonyl (C=O) groups is 2. The van der Waals surface area contributed by atoms with E-state index in [1.165, 1.54) is 11.3 Å². The molecular weight excluding hydrogens is 310 g/mol. The van der Waals surface area contributed by atoms with Crippen LogP contribution < -0.4 is 16.4 Å². The van der Waals surface area contributed by atoms with Gasteiger partial charge in [0.15, 0.2) is 0 Å². The van der Waals surface area contributed by atoms with E-state index in [2.05, 4.69) is 10.6 Å². The van der Waals surface area contributed by atoms with Gasteiger partial charge in [-0.05, 0) is 36.4 Å². The predicted molar refractivity (Wildman–Crippen MR) is 92.1 cm³/mol. The van der Waals surface area contributed by atoms with Crippen LogP contribution in [0.3, 0.4) is 0 Å². The van der Waals surface area contributed by atoms with Crippen LogP contribution in [-0.2, 0) is 4.79 Å². The number of amides is 3. The van der Waals surface area contributed by atoms with E-state index >= 15 is 0 Å². The lowest BCUT2D eigenvalue weighted by atomic mass is 10.0. The maximum absolute atomic E-state index is 12.3. The molecule has 4 N–H and O–H groups in total. The number of rotatable bonds is 6. The van der Waals surface area contributed by atoms with E-state index < -0.39 is 12.1 Å². The van der Waals surface area contributed by atoms with Crippen LogP contribution in [0.4, 0.5) is 4.79 Å². The van der Waals surface area contributed by atoms with Crippen molar-refractivity contribution < 1.29 is 9.59 Å². The molecule has 1 aromatic carbocycles. The zero-order valence-corrected chi connectivity index (χ0v) is 14.0. The van der Waals surface area contributed by atoms with Crippen LogP contribution in [0.5, 0.6) is 0 Å². The van der Waals surface area contributed by atoms with Crippen LogP contribution in [-0.4, -0.2) is 11.9 Å². The molecule has 0 aliphatic rings. The zero-order chi connectivity index (χ0) is 16.8. The van der Waals surface area contributed by atoms with Crippen LogP contribution in [0.2, 0.25) is 0 Å². The summed E-state index contributed by atoms with van der Waals surface area (Å²) in [4.78, 5) is 24.4. The largest absolute Gasteiger partial charge is 0.352 e. The molecule has 0 fully saturated rings. The summed E-state index contributed by atoms with van der Waals surface area (Å²) in [6.45, 7) is 3.96. The SMILES string of the molecule is Cc1ccccc1C(C)NC(=O)CC(NC(N)=O)c1cccs1. The number of carbonyl (C=O) groups excluding carboxylic acids is 2. The average Bonchev–Trinajstić information content (AvgIpc) is 3.00. The normalized spacial score (nSPS) is 13.1. The van der Waals surface area contributed by atoms with E-state index in [0.717, 1.165) is 16.0 Å². The Morgan fingerprint density at radius 3 is 2.52 bits per heavy atom. The first-order valence-electron chi connectivity index (χ1n) is 7.41. The molecule has 0 bridgehead atoms. The highest BCUT2D eigenvalue weighted by molar-refractivity contribution is 7.10. The Morgan fingerprint density at radius 1 is 1.17 bits per heavy atom. The lowest BCUT2D eigenvalue weighted by molar-refractivity contribution is -0.122. The highest BCUT2D eigenvalue weighted by atomic mass is 32.1. The van der Waals surface area contributed by atoms with E-state index in [9.17, 15) is 9.59 Å². The van der Waals surface area contributed by atoms with Crippen LogP contribution in [0.1, 0.15) is 41.4 Å². The van der Waals surface area contributed by atoms with Gasteiger partial charge in [0.05, 0.1) is 18.5 Å². The quantitative estimate of drug-likeness (QED) is 0.760. The Balaban J connectivity index is 2.02. The second-order valence-electron chi connectivity index (χ2n) is 5.43. The number of thiophene rings is 1. The van der Waals surface area contributed by atoms with Crippen molar-refractivity contribution in [2.45, 2.75) is 32.4 Å². The Hall–Kier alpha value is -2.34. The standard InChI is InChI=1S/C17H21N3O2S/c1-11-6-3-4-7-13(11)12(2)19-16(21)10-14(20-17(18)22)15-8-5-9-23-15/h3-9,12,14H,10H2,1-2H3,(H,19,21)(H3,18,20,22). The molecule has 1 aromatic heterocycles. The molecule has 2 rings (SSSR count). The maximum atomic E-state index is 12.3. The average molecular weight is 331 g/mol. The van der Waals surface area contributed by atoms with E-state index in [4.69, 9.17) is 5.73 Å². The summed E-state index contributed by atoms with van der Waals surface area (Å²) in [5.74, 6) is -0.132. The number of primary amides is 1. The van der Waals surface area contributed by atoms with Gasteiger partial charge in [-0.3, -0.25) is 4.79 Å². The summed E-state index contributed by atoms with van der Waals surface area (Å²) in [6, 6.07) is 10.6. The van der Waals surface area contributed by atoms with Gasteiger partial charge >= 0.3 is 6.03 Å². The number of benzene rings is 1. The van der Waals surface area contributed by atoms with Gasteiger partial charge in [-0.15, -0.1) is 11.3 Å². The first-order chi connectivity index (χ1) is 11.0.